The number of anilines is 1. The molecule has 3 N–H and O–H groups in total. The van der Waals surface area contributed by atoms with Gasteiger partial charge in [0.15, 0.2) is 12.7 Å². The molecular weight excluding hydrogens is 338 g/mol. The first kappa shape index (κ1) is 22.2. The lowest BCUT2D eigenvalue weighted by Gasteiger charge is -2.03. The van der Waals surface area contributed by atoms with Crippen molar-refractivity contribution in [1.29, 1.82) is 0 Å². The van der Waals surface area contributed by atoms with Crippen molar-refractivity contribution in [3.8, 4) is 0 Å². The van der Waals surface area contributed by atoms with Gasteiger partial charge in [0.1, 0.15) is 23.0 Å². The van der Waals surface area contributed by atoms with Crippen molar-refractivity contribution >= 4 is 22.9 Å². The highest BCUT2D eigenvalue weighted by molar-refractivity contribution is 6.44. The Balaban J connectivity index is 2.97. The minimum atomic E-state index is 0.448. The molecule has 0 aromatic carbocycles. The molecule has 0 aliphatic carbocycles. The first-order valence-corrected chi connectivity index (χ1v) is 9.21. The lowest BCUT2D eigenvalue weighted by atomic mass is 10.2. The van der Waals surface area contributed by atoms with Gasteiger partial charge in [-0.3, -0.25) is 5.10 Å². The van der Waals surface area contributed by atoms with E-state index in [2.05, 4.69) is 45.4 Å². The Hall–Kier alpha value is -2.89. The van der Waals surface area contributed by atoms with Crippen LogP contribution in [0.25, 0.3) is 0 Å². The fourth-order valence-corrected chi connectivity index (χ4v) is 2.46. The number of nitrogen functional groups attached to an aromatic ring is 1. The summed E-state index contributed by atoms with van der Waals surface area (Å²) in [7, 11) is 1.70. The number of rotatable bonds is 11. The van der Waals surface area contributed by atoms with Crippen LogP contribution in [0.1, 0.15) is 40.0 Å². The van der Waals surface area contributed by atoms with E-state index in [4.69, 9.17) is 10.5 Å². The number of aliphatic imine (C=N–C) groups is 1. The van der Waals surface area contributed by atoms with Gasteiger partial charge < -0.3 is 10.5 Å². The molecule has 0 saturated carbocycles. The van der Waals surface area contributed by atoms with E-state index in [1.807, 2.05) is 32.2 Å². The van der Waals surface area contributed by atoms with Crippen LogP contribution in [-0.4, -0.2) is 39.9 Å². The summed E-state index contributed by atoms with van der Waals surface area (Å²) in [6.45, 7) is 10.8. The number of aromatic amines is 1. The summed E-state index contributed by atoms with van der Waals surface area (Å²) in [5, 5.41) is 6.59. The molecule has 0 aliphatic heterocycles. The standard InChI is InChI=1S/C21H31N5O/c1-6-9-12-18(27-5)13-10-11-15-26(14-7-2)20(8-3)17(4)24-19-16-23-25-21(19)22/h7-8,10,12-14,16H,3,6,9,11,15H2,1-2,4-5H3,(H2,22,24,25)/p+1/b13-10-,14-7-,18-12+. The number of H-pyrrole nitrogens is 1. The second kappa shape index (κ2) is 12.5. The Morgan fingerprint density at radius 1 is 1.44 bits per heavy atom. The van der Waals surface area contributed by atoms with Gasteiger partial charge in [0.25, 0.3) is 0 Å². The Morgan fingerprint density at radius 3 is 2.78 bits per heavy atom. The second-order valence-corrected chi connectivity index (χ2v) is 5.92. The van der Waals surface area contributed by atoms with Crippen molar-refractivity contribution in [3.05, 3.63) is 55.1 Å². The molecule has 0 spiro atoms. The Kier molecular flexibility index (Phi) is 10.2. The number of allylic oxidation sites excluding steroid dienone is 4. The molecule has 0 amide bonds. The molecule has 0 fully saturated rings. The highest BCUT2D eigenvalue weighted by Gasteiger charge is 2.13. The maximum atomic E-state index is 5.83. The molecule has 146 valence electrons. The molecule has 1 aromatic heterocycles. The molecule has 0 aliphatic rings. The third-order valence-corrected chi connectivity index (χ3v) is 3.83. The molecule has 1 heterocycles. The maximum absolute atomic E-state index is 5.83. The molecule has 1 rings (SSSR count). The smallest absolute Gasteiger partial charge is 0.225 e. The van der Waals surface area contributed by atoms with Crippen LogP contribution in [0.3, 0.4) is 0 Å². The number of methoxy groups -OCH3 is 1. The molecule has 0 bridgehead atoms. The van der Waals surface area contributed by atoms with Gasteiger partial charge in [-0.15, -0.1) is 0 Å². The van der Waals surface area contributed by atoms with Crippen LogP contribution in [0.4, 0.5) is 11.5 Å². The average molecular weight is 371 g/mol. The van der Waals surface area contributed by atoms with E-state index in [0.717, 1.165) is 43.0 Å². The summed E-state index contributed by atoms with van der Waals surface area (Å²) < 4.78 is 7.49. The van der Waals surface area contributed by atoms with Gasteiger partial charge in [-0.2, -0.15) is 9.67 Å². The second-order valence-electron chi connectivity index (χ2n) is 5.92. The van der Waals surface area contributed by atoms with E-state index in [1.54, 1.807) is 19.4 Å². The van der Waals surface area contributed by atoms with Gasteiger partial charge in [-0.05, 0) is 38.5 Å². The molecule has 0 unspecified atom stereocenters. The van der Waals surface area contributed by atoms with Gasteiger partial charge in [-0.1, -0.05) is 26.0 Å². The highest BCUT2D eigenvalue weighted by atomic mass is 16.5. The van der Waals surface area contributed by atoms with Crippen molar-refractivity contribution < 1.29 is 9.31 Å². The molecule has 1 aromatic rings. The van der Waals surface area contributed by atoms with Crippen LogP contribution in [0.5, 0.6) is 0 Å². The maximum Gasteiger partial charge on any atom is 0.225 e. The van der Waals surface area contributed by atoms with Crippen LogP contribution in [0.2, 0.25) is 0 Å². The molecule has 0 atom stereocenters. The van der Waals surface area contributed by atoms with E-state index in [9.17, 15) is 0 Å². The summed E-state index contributed by atoms with van der Waals surface area (Å²) in [4.78, 5) is 4.56. The number of ether oxygens (including phenoxy) is 1. The van der Waals surface area contributed by atoms with Gasteiger partial charge in [0.2, 0.25) is 5.71 Å². The van der Waals surface area contributed by atoms with Crippen molar-refractivity contribution in [1.82, 2.24) is 10.2 Å². The average Bonchev–Trinajstić information content (AvgIpc) is 3.06. The summed E-state index contributed by atoms with van der Waals surface area (Å²) >= 11 is 0. The number of hydrogen-bond donors (Lipinski definition) is 2. The normalized spacial score (nSPS) is 14.1. The highest BCUT2D eigenvalue weighted by Crippen LogP contribution is 2.17. The fraction of sp³-hybridized carbons (Fsp3) is 0.381. The predicted molar refractivity (Wildman–Crippen MR) is 115 cm³/mol. The number of nitrogens with two attached hydrogens (primary N) is 1. The van der Waals surface area contributed by atoms with Crippen molar-refractivity contribution in [2.24, 2.45) is 4.99 Å². The molecule has 27 heavy (non-hydrogen) atoms. The topological polar surface area (TPSA) is 79.3 Å². The van der Waals surface area contributed by atoms with Crippen LogP contribution >= 0.6 is 0 Å². The number of nitrogens with zero attached hydrogens (tertiary/aromatic N) is 3. The summed E-state index contributed by atoms with van der Waals surface area (Å²) in [6.07, 6.45) is 16.6. The monoisotopic (exact) mass is 370 g/mol. The van der Waals surface area contributed by atoms with Crippen LogP contribution in [-0.2, 0) is 4.74 Å². The van der Waals surface area contributed by atoms with Gasteiger partial charge in [0.05, 0.1) is 13.3 Å². The van der Waals surface area contributed by atoms with Crippen molar-refractivity contribution in [3.63, 3.8) is 0 Å². The summed E-state index contributed by atoms with van der Waals surface area (Å²) in [5.74, 6) is 1.35. The zero-order valence-electron chi connectivity index (χ0n) is 16.9. The SMILES string of the molecule is C=CC(C(C)=Nc1cn[nH]c1N)=[N+](/C=C\C)CC/C=C\C(=C/CCC)OC. The zero-order valence-corrected chi connectivity index (χ0v) is 16.9. The minimum Gasteiger partial charge on any atom is -0.497 e. The van der Waals surface area contributed by atoms with E-state index in [0.29, 0.717) is 11.5 Å². The van der Waals surface area contributed by atoms with Crippen molar-refractivity contribution in [2.45, 2.75) is 40.0 Å². The van der Waals surface area contributed by atoms with E-state index < -0.39 is 0 Å². The lowest BCUT2D eigenvalue weighted by molar-refractivity contribution is -0.453. The number of aromatic nitrogens is 2. The number of unbranched alkanes of at least 4 members (excludes halogenated alkanes) is 1. The first-order chi connectivity index (χ1) is 13.1. The summed E-state index contributed by atoms with van der Waals surface area (Å²) in [5.41, 5.74) is 8.20. The Bertz CT molecular complexity index is 750. The van der Waals surface area contributed by atoms with Gasteiger partial charge in [0, 0.05) is 12.5 Å². The van der Waals surface area contributed by atoms with Gasteiger partial charge >= 0.3 is 0 Å². The minimum absolute atomic E-state index is 0.448. The quantitative estimate of drug-likeness (QED) is 0.260. The predicted octanol–water partition coefficient (Wildman–Crippen LogP) is 4.53. The van der Waals surface area contributed by atoms with E-state index in [1.165, 1.54) is 0 Å². The largest absolute Gasteiger partial charge is 0.497 e. The van der Waals surface area contributed by atoms with Crippen LogP contribution in [0.15, 0.2) is 60.1 Å². The Labute approximate surface area is 162 Å². The number of nitrogens with one attached hydrogen (secondary N) is 1. The number of hydrogen-bond acceptors (Lipinski definition) is 4. The van der Waals surface area contributed by atoms with Crippen LogP contribution in [0, 0.1) is 0 Å². The van der Waals surface area contributed by atoms with E-state index in [-0.39, 0.29) is 0 Å². The third kappa shape index (κ3) is 7.48. The third-order valence-electron chi connectivity index (χ3n) is 3.83. The van der Waals surface area contributed by atoms with Crippen LogP contribution < -0.4 is 5.73 Å². The fourth-order valence-electron chi connectivity index (χ4n) is 2.46. The first-order valence-electron chi connectivity index (χ1n) is 9.21. The molecule has 0 saturated heterocycles. The van der Waals surface area contributed by atoms with E-state index >= 15 is 0 Å². The molecule has 0 radical (unpaired) electrons. The molecule has 6 heteroatoms. The van der Waals surface area contributed by atoms with Crippen molar-refractivity contribution in [2.75, 3.05) is 19.4 Å². The van der Waals surface area contributed by atoms with Gasteiger partial charge in [-0.25, -0.2) is 4.99 Å². The summed E-state index contributed by atoms with van der Waals surface area (Å²) in [6, 6.07) is 0. The lowest BCUT2D eigenvalue weighted by Crippen LogP contribution is -2.22. The molecular formula is C21H32N5O+. The Morgan fingerprint density at radius 2 is 2.22 bits per heavy atom. The molecule has 6 nitrogen and oxygen atoms in total. The zero-order chi connectivity index (χ0) is 20.1.